The van der Waals surface area contributed by atoms with Gasteiger partial charge in [-0.3, -0.25) is 9.69 Å². The Hall–Kier alpha value is -0.610. The van der Waals surface area contributed by atoms with Crippen LogP contribution >= 0.6 is 0 Å². The maximum absolute atomic E-state index is 11.2. The van der Waals surface area contributed by atoms with Gasteiger partial charge in [0, 0.05) is 6.04 Å². The van der Waals surface area contributed by atoms with Crippen molar-refractivity contribution in [2.24, 2.45) is 11.7 Å². The summed E-state index contributed by atoms with van der Waals surface area (Å²) in [7, 11) is 0. The van der Waals surface area contributed by atoms with E-state index in [1.807, 2.05) is 0 Å². The third kappa shape index (κ3) is 3.69. The van der Waals surface area contributed by atoms with Crippen LogP contribution < -0.4 is 5.73 Å². The highest BCUT2D eigenvalue weighted by Gasteiger charge is 2.29. The van der Waals surface area contributed by atoms with Crippen molar-refractivity contribution in [3.63, 3.8) is 0 Å². The predicted octanol–water partition coefficient (Wildman–Crippen LogP) is 1.83. The smallest absolute Gasteiger partial charge is 0.320 e. The van der Waals surface area contributed by atoms with Crippen LogP contribution in [0.25, 0.3) is 0 Å². The molecule has 2 rings (SSSR count). The van der Waals surface area contributed by atoms with Crippen LogP contribution in [-0.4, -0.2) is 41.1 Å². The Kier molecular flexibility index (Phi) is 5.01. The summed E-state index contributed by atoms with van der Waals surface area (Å²) in [6.45, 7) is 1.92. The van der Waals surface area contributed by atoms with Crippen molar-refractivity contribution in [1.29, 1.82) is 0 Å². The molecule has 0 bridgehead atoms. The molecule has 0 aromatic carbocycles. The van der Waals surface area contributed by atoms with Crippen LogP contribution in [-0.2, 0) is 4.79 Å². The van der Waals surface area contributed by atoms with Crippen LogP contribution in [0.2, 0.25) is 0 Å². The van der Waals surface area contributed by atoms with Gasteiger partial charge in [-0.1, -0.05) is 6.42 Å². The minimum Gasteiger partial charge on any atom is -0.480 e. The van der Waals surface area contributed by atoms with Gasteiger partial charge in [-0.05, 0) is 64.0 Å². The predicted molar refractivity (Wildman–Crippen MR) is 71.4 cm³/mol. The largest absolute Gasteiger partial charge is 0.480 e. The van der Waals surface area contributed by atoms with Gasteiger partial charge in [0.25, 0.3) is 0 Å². The van der Waals surface area contributed by atoms with Crippen molar-refractivity contribution in [3.8, 4) is 0 Å². The molecule has 4 heteroatoms. The number of hydrogen-bond acceptors (Lipinski definition) is 3. The summed E-state index contributed by atoms with van der Waals surface area (Å²) in [5, 5.41) is 9.22. The van der Waals surface area contributed by atoms with E-state index in [2.05, 4.69) is 4.90 Å². The van der Waals surface area contributed by atoms with Crippen molar-refractivity contribution in [2.45, 2.75) is 63.5 Å². The number of carboxylic acid groups (broad SMARTS) is 1. The summed E-state index contributed by atoms with van der Waals surface area (Å²) in [5.41, 5.74) is 5.91. The Morgan fingerprint density at radius 1 is 1.17 bits per heavy atom. The lowest BCUT2D eigenvalue weighted by Crippen LogP contribution is -2.45. The molecular formula is C14H26N2O2. The first-order valence-corrected chi connectivity index (χ1v) is 7.39. The fourth-order valence-corrected chi connectivity index (χ4v) is 3.36. The first-order chi connectivity index (χ1) is 8.66. The number of piperidine rings is 1. The van der Waals surface area contributed by atoms with E-state index in [0.717, 1.165) is 57.5 Å². The molecule has 18 heavy (non-hydrogen) atoms. The van der Waals surface area contributed by atoms with E-state index < -0.39 is 5.97 Å². The van der Waals surface area contributed by atoms with E-state index in [1.165, 1.54) is 12.8 Å². The number of rotatable bonds is 4. The number of carbonyl (C=O) groups is 1. The molecule has 1 saturated heterocycles. The lowest BCUT2D eigenvalue weighted by atomic mass is 9.84. The van der Waals surface area contributed by atoms with Crippen molar-refractivity contribution in [2.75, 3.05) is 13.1 Å². The molecule has 2 fully saturated rings. The Bertz CT molecular complexity index is 275. The number of carboxylic acids is 1. The fraction of sp³-hybridized carbons (Fsp3) is 0.929. The van der Waals surface area contributed by atoms with E-state index in [0.29, 0.717) is 6.04 Å². The van der Waals surface area contributed by atoms with Gasteiger partial charge < -0.3 is 10.8 Å². The summed E-state index contributed by atoms with van der Waals surface area (Å²) in [6.07, 6.45) is 8.94. The average molecular weight is 254 g/mol. The van der Waals surface area contributed by atoms with Crippen LogP contribution in [0.5, 0.6) is 0 Å². The van der Waals surface area contributed by atoms with Crippen LogP contribution in [0.3, 0.4) is 0 Å². The standard InChI is InChI=1S/C14H26N2O2/c15-12-6-4-11(5-7-12)8-10-16-9-2-1-3-13(16)14(17)18/h11-13H,1-10,15H2,(H,17,18). The summed E-state index contributed by atoms with van der Waals surface area (Å²) in [6, 6.07) is 0.174. The summed E-state index contributed by atoms with van der Waals surface area (Å²) >= 11 is 0. The fourth-order valence-electron chi connectivity index (χ4n) is 3.36. The van der Waals surface area contributed by atoms with Crippen LogP contribution in [0, 0.1) is 5.92 Å². The van der Waals surface area contributed by atoms with Gasteiger partial charge >= 0.3 is 5.97 Å². The van der Waals surface area contributed by atoms with E-state index in [4.69, 9.17) is 5.73 Å². The van der Waals surface area contributed by atoms with E-state index in [9.17, 15) is 9.90 Å². The van der Waals surface area contributed by atoms with Crippen LogP contribution in [0.4, 0.5) is 0 Å². The third-order valence-corrected chi connectivity index (χ3v) is 4.61. The van der Waals surface area contributed by atoms with Crippen molar-refractivity contribution in [1.82, 2.24) is 4.90 Å². The molecule has 1 aliphatic heterocycles. The molecule has 0 aromatic heterocycles. The summed E-state index contributed by atoms with van der Waals surface area (Å²) in [4.78, 5) is 13.4. The summed E-state index contributed by atoms with van der Waals surface area (Å²) < 4.78 is 0. The molecule has 3 N–H and O–H groups in total. The molecule has 1 atom stereocenters. The maximum Gasteiger partial charge on any atom is 0.320 e. The SMILES string of the molecule is NC1CCC(CCN2CCCCC2C(=O)O)CC1. The first-order valence-electron chi connectivity index (χ1n) is 7.39. The molecule has 1 heterocycles. The molecular weight excluding hydrogens is 228 g/mol. The quantitative estimate of drug-likeness (QED) is 0.803. The second kappa shape index (κ2) is 6.53. The van der Waals surface area contributed by atoms with Gasteiger partial charge in [-0.2, -0.15) is 0 Å². The molecule has 1 aliphatic carbocycles. The van der Waals surface area contributed by atoms with Crippen LogP contribution in [0.15, 0.2) is 0 Å². The van der Waals surface area contributed by atoms with Gasteiger partial charge in [0.05, 0.1) is 0 Å². The Balaban J connectivity index is 1.75. The van der Waals surface area contributed by atoms with Crippen LogP contribution in [0.1, 0.15) is 51.4 Å². The third-order valence-electron chi connectivity index (χ3n) is 4.61. The second-order valence-electron chi connectivity index (χ2n) is 5.96. The summed E-state index contributed by atoms with van der Waals surface area (Å²) in [5.74, 6) is 0.126. The van der Waals surface area contributed by atoms with Gasteiger partial charge in [-0.25, -0.2) is 0 Å². The zero-order valence-electron chi connectivity index (χ0n) is 11.2. The molecule has 4 nitrogen and oxygen atoms in total. The highest BCUT2D eigenvalue weighted by molar-refractivity contribution is 5.73. The van der Waals surface area contributed by atoms with E-state index in [-0.39, 0.29) is 6.04 Å². The molecule has 2 aliphatic rings. The topological polar surface area (TPSA) is 66.6 Å². The highest BCUT2D eigenvalue weighted by Crippen LogP contribution is 2.27. The highest BCUT2D eigenvalue weighted by atomic mass is 16.4. The van der Waals surface area contributed by atoms with Crippen molar-refractivity contribution >= 4 is 5.97 Å². The normalized spacial score (nSPS) is 34.4. The average Bonchev–Trinajstić information content (AvgIpc) is 2.38. The molecule has 0 aromatic rings. The van der Waals surface area contributed by atoms with Gasteiger partial charge in [-0.15, -0.1) is 0 Å². The number of nitrogens with zero attached hydrogens (tertiary/aromatic N) is 1. The molecule has 0 amide bonds. The van der Waals surface area contributed by atoms with Gasteiger partial charge in [0.15, 0.2) is 0 Å². The van der Waals surface area contributed by atoms with Gasteiger partial charge in [0.1, 0.15) is 6.04 Å². The minimum absolute atomic E-state index is 0.232. The maximum atomic E-state index is 11.2. The first kappa shape index (κ1) is 13.8. The Morgan fingerprint density at radius 3 is 2.56 bits per heavy atom. The van der Waals surface area contributed by atoms with Crippen molar-refractivity contribution < 1.29 is 9.90 Å². The monoisotopic (exact) mass is 254 g/mol. The number of hydrogen-bond donors (Lipinski definition) is 2. The Morgan fingerprint density at radius 2 is 1.89 bits per heavy atom. The van der Waals surface area contributed by atoms with E-state index >= 15 is 0 Å². The second-order valence-corrected chi connectivity index (χ2v) is 5.96. The zero-order valence-corrected chi connectivity index (χ0v) is 11.2. The molecule has 0 radical (unpaired) electrons. The Labute approximate surface area is 110 Å². The molecule has 0 spiro atoms. The number of aliphatic carboxylic acids is 1. The van der Waals surface area contributed by atoms with Gasteiger partial charge in [0.2, 0.25) is 0 Å². The van der Waals surface area contributed by atoms with E-state index in [1.54, 1.807) is 0 Å². The lowest BCUT2D eigenvalue weighted by molar-refractivity contribution is -0.144. The number of nitrogens with two attached hydrogens (primary N) is 1. The lowest BCUT2D eigenvalue weighted by Gasteiger charge is -2.34. The van der Waals surface area contributed by atoms with Crippen molar-refractivity contribution in [3.05, 3.63) is 0 Å². The minimum atomic E-state index is -0.639. The molecule has 104 valence electrons. The number of likely N-dealkylation sites (tertiary alicyclic amines) is 1. The zero-order chi connectivity index (χ0) is 13.0. The molecule has 1 saturated carbocycles. The molecule has 1 unspecified atom stereocenters.